The Morgan fingerprint density at radius 1 is 1.19 bits per heavy atom. The molecule has 1 rings (SSSR count). The number of nitrogens with one attached hydrogen (secondary N) is 4. The van der Waals surface area contributed by atoms with E-state index in [0.29, 0.717) is 13.1 Å². The quantitative estimate of drug-likeness (QED) is 0.418. The average Bonchev–Trinajstić information content (AvgIpc) is 3.00. The van der Waals surface area contributed by atoms with Gasteiger partial charge in [-0.25, -0.2) is 0 Å². The van der Waals surface area contributed by atoms with Gasteiger partial charge in [-0.3, -0.25) is 9.59 Å². The smallest absolute Gasteiger partial charge is 0.242 e. The second-order valence-electron chi connectivity index (χ2n) is 6.65. The molecule has 3 atom stereocenters. The third-order valence-corrected chi connectivity index (χ3v) is 5.79. The van der Waals surface area contributed by atoms with Crippen LogP contribution in [0.25, 0.3) is 0 Å². The SMILES string of the molecule is CCNC(=O)[C@@H](NC(=O)[C@H](C)NC[C@H](Cc1ccc(Br)s1)NC)C(C)C. The Balaban J connectivity index is 2.52. The van der Waals surface area contributed by atoms with E-state index in [1.54, 1.807) is 11.3 Å². The minimum Gasteiger partial charge on any atom is -0.355 e. The molecule has 0 aliphatic heterocycles. The molecule has 0 fully saturated rings. The second kappa shape index (κ2) is 11.7. The molecular formula is C18H31BrN4O2S. The molecule has 8 heteroatoms. The van der Waals surface area contributed by atoms with Crippen molar-refractivity contribution in [3.63, 3.8) is 0 Å². The van der Waals surface area contributed by atoms with Crippen molar-refractivity contribution in [2.24, 2.45) is 5.92 Å². The summed E-state index contributed by atoms with van der Waals surface area (Å²) < 4.78 is 1.12. The fourth-order valence-electron chi connectivity index (χ4n) is 2.49. The van der Waals surface area contributed by atoms with Crippen LogP contribution >= 0.6 is 27.3 Å². The molecule has 2 amide bonds. The number of rotatable bonds is 11. The summed E-state index contributed by atoms with van der Waals surface area (Å²) in [4.78, 5) is 25.8. The maximum atomic E-state index is 12.5. The van der Waals surface area contributed by atoms with Crippen LogP contribution in [0.5, 0.6) is 0 Å². The van der Waals surface area contributed by atoms with Crippen LogP contribution in [0.1, 0.15) is 32.6 Å². The van der Waals surface area contributed by atoms with Crippen LogP contribution in [0.3, 0.4) is 0 Å². The summed E-state index contributed by atoms with van der Waals surface area (Å²) in [5.74, 6) is -0.275. The average molecular weight is 447 g/mol. The maximum Gasteiger partial charge on any atom is 0.242 e. The van der Waals surface area contributed by atoms with E-state index in [4.69, 9.17) is 0 Å². The van der Waals surface area contributed by atoms with Gasteiger partial charge in [-0.05, 0) is 61.3 Å². The summed E-state index contributed by atoms with van der Waals surface area (Å²) in [7, 11) is 1.92. The lowest BCUT2D eigenvalue weighted by atomic mass is 10.0. The lowest BCUT2D eigenvalue weighted by molar-refractivity contribution is -0.130. The molecule has 0 saturated carbocycles. The molecule has 0 aromatic carbocycles. The summed E-state index contributed by atoms with van der Waals surface area (Å²) in [6.07, 6.45) is 0.891. The highest BCUT2D eigenvalue weighted by Gasteiger charge is 2.25. The van der Waals surface area contributed by atoms with Crippen LogP contribution in [0.4, 0.5) is 0 Å². The Bertz CT molecular complexity index is 579. The molecule has 0 saturated heterocycles. The zero-order valence-corrected chi connectivity index (χ0v) is 18.6. The number of hydrogen-bond acceptors (Lipinski definition) is 5. The molecule has 1 aromatic rings. The van der Waals surface area contributed by atoms with Crippen molar-refractivity contribution < 1.29 is 9.59 Å². The summed E-state index contributed by atoms with van der Waals surface area (Å²) in [6, 6.07) is 3.48. The molecule has 0 spiro atoms. The molecule has 4 N–H and O–H groups in total. The Morgan fingerprint density at radius 3 is 2.38 bits per heavy atom. The van der Waals surface area contributed by atoms with Crippen molar-refractivity contribution >= 4 is 39.1 Å². The standard InChI is InChI=1S/C18H31BrN4O2S/c1-6-21-18(25)16(11(2)3)23-17(24)12(4)22-10-13(20-5)9-14-7-8-15(19)26-14/h7-8,11-13,16,20,22H,6,9-10H2,1-5H3,(H,21,25)(H,23,24)/t12-,13-,16-/m0/s1. The topological polar surface area (TPSA) is 82.3 Å². The highest BCUT2D eigenvalue weighted by Crippen LogP contribution is 2.23. The van der Waals surface area contributed by atoms with Crippen LogP contribution in [-0.2, 0) is 16.0 Å². The Hall–Kier alpha value is -0.960. The van der Waals surface area contributed by atoms with Crippen molar-refractivity contribution in [1.29, 1.82) is 0 Å². The largest absolute Gasteiger partial charge is 0.355 e. The van der Waals surface area contributed by atoms with Gasteiger partial charge >= 0.3 is 0 Å². The van der Waals surface area contributed by atoms with Gasteiger partial charge in [0.15, 0.2) is 0 Å². The first-order valence-electron chi connectivity index (χ1n) is 9.01. The minimum absolute atomic E-state index is 0.0278. The van der Waals surface area contributed by atoms with Crippen molar-refractivity contribution in [3.8, 4) is 0 Å². The first-order chi connectivity index (χ1) is 12.3. The first-order valence-corrected chi connectivity index (χ1v) is 10.6. The predicted octanol–water partition coefficient (Wildman–Crippen LogP) is 1.90. The molecule has 6 nitrogen and oxygen atoms in total. The molecule has 0 unspecified atom stereocenters. The van der Waals surface area contributed by atoms with Gasteiger partial charge in [0, 0.05) is 24.0 Å². The monoisotopic (exact) mass is 446 g/mol. The fraction of sp³-hybridized carbons (Fsp3) is 0.667. The van der Waals surface area contributed by atoms with E-state index < -0.39 is 6.04 Å². The summed E-state index contributed by atoms with van der Waals surface area (Å²) in [5.41, 5.74) is 0. The van der Waals surface area contributed by atoms with Crippen molar-refractivity contribution in [3.05, 3.63) is 20.8 Å². The van der Waals surface area contributed by atoms with Crippen molar-refractivity contribution in [2.75, 3.05) is 20.1 Å². The molecule has 0 radical (unpaired) electrons. The zero-order chi connectivity index (χ0) is 19.7. The maximum absolute atomic E-state index is 12.5. The Morgan fingerprint density at radius 2 is 1.88 bits per heavy atom. The molecule has 148 valence electrons. The lowest BCUT2D eigenvalue weighted by Gasteiger charge is -2.24. The zero-order valence-electron chi connectivity index (χ0n) is 16.2. The van der Waals surface area contributed by atoms with Crippen LogP contribution in [-0.4, -0.2) is 50.1 Å². The Kier molecular flexibility index (Phi) is 10.4. The number of amides is 2. The van der Waals surface area contributed by atoms with Gasteiger partial charge in [0.1, 0.15) is 6.04 Å². The molecule has 1 heterocycles. The number of carbonyl (C=O) groups excluding carboxylic acids is 2. The highest BCUT2D eigenvalue weighted by atomic mass is 79.9. The lowest BCUT2D eigenvalue weighted by Crippen LogP contribution is -2.55. The summed E-state index contributed by atoms with van der Waals surface area (Å²) in [5, 5.41) is 12.2. The van der Waals surface area contributed by atoms with Gasteiger partial charge in [0.25, 0.3) is 0 Å². The predicted molar refractivity (Wildman–Crippen MR) is 111 cm³/mol. The number of carbonyl (C=O) groups is 2. The number of likely N-dealkylation sites (N-methyl/N-ethyl adjacent to an activating group) is 2. The van der Waals surface area contributed by atoms with E-state index >= 15 is 0 Å². The van der Waals surface area contributed by atoms with Gasteiger partial charge in [0.05, 0.1) is 9.83 Å². The second-order valence-corrected chi connectivity index (χ2v) is 9.20. The summed E-state index contributed by atoms with van der Waals surface area (Å²) >= 11 is 5.20. The molecule has 0 aliphatic rings. The van der Waals surface area contributed by atoms with Gasteiger partial charge in [0.2, 0.25) is 11.8 Å². The van der Waals surface area contributed by atoms with E-state index in [9.17, 15) is 9.59 Å². The number of halogens is 1. The van der Waals surface area contributed by atoms with E-state index in [0.717, 1.165) is 10.2 Å². The van der Waals surface area contributed by atoms with Gasteiger partial charge in [-0.2, -0.15) is 0 Å². The third-order valence-electron chi connectivity index (χ3n) is 4.15. The van der Waals surface area contributed by atoms with E-state index in [1.807, 2.05) is 40.8 Å². The molecule has 1 aromatic heterocycles. The normalized spacial score (nSPS) is 14.7. The molecule has 0 bridgehead atoms. The Labute approximate surface area is 169 Å². The van der Waals surface area contributed by atoms with Crippen molar-refractivity contribution in [1.82, 2.24) is 21.3 Å². The fourth-order valence-corrected chi connectivity index (χ4v) is 4.05. The van der Waals surface area contributed by atoms with E-state index in [1.165, 1.54) is 4.88 Å². The number of hydrogen-bond donors (Lipinski definition) is 4. The molecule has 0 aliphatic carbocycles. The minimum atomic E-state index is -0.518. The first kappa shape index (κ1) is 23.1. The van der Waals surface area contributed by atoms with Crippen LogP contribution < -0.4 is 21.3 Å². The van der Waals surface area contributed by atoms with Crippen LogP contribution in [0.15, 0.2) is 15.9 Å². The van der Waals surface area contributed by atoms with Gasteiger partial charge < -0.3 is 21.3 Å². The van der Waals surface area contributed by atoms with Gasteiger partial charge in [-0.1, -0.05) is 13.8 Å². The third kappa shape index (κ3) is 7.73. The van der Waals surface area contributed by atoms with E-state index in [-0.39, 0.29) is 29.8 Å². The van der Waals surface area contributed by atoms with Crippen LogP contribution in [0, 0.1) is 5.92 Å². The van der Waals surface area contributed by atoms with Crippen LogP contribution in [0.2, 0.25) is 0 Å². The van der Waals surface area contributed by atoms with Crippen molar-refractivity contribution in [2.45, 2.75) is 52.2 Å². The summed E-state index contributed by atoms with van der Waals surface area (Å²) in [6.45, 7) is 8.75. The van der Waals surface area contributed by atoms with Gasteiger partial charge in [-0.15, -0.1) is 11.3 Å². The molecule has 26 heavy (non-hydrogen) atoms. The molecular weight excluding hydrogens is 416 g/mol. The highest BCUT2D eigenvalue weighted by molar-refractivity contribution is 9.11. The number of thiophene rings is 1. The van der Waals surface area contributed by atoms with E-state index in [2.05, 4.69) is 43.3 Å².